The average Bonchev–Trinajstić information content (AvgIpc) is 2.96. The Balaban J connectivity index is 1.50. The molecule has 0 N–H and O–H groups in total. The molecule has 3 heterocycles. The maximum absolute atomic E-state index is 12.8. The summed E-state index contributed by atoms with van der Waals surface area (Å²) in [6.45, 7) is 8.46. The minimum absolute atomic E-state index is 0.187. The Morgan fingerprint density at radius 3 is 2.42 bits per heavy atom. The van der Waals surface area contributed by atoms with Crippen LogP contribution >= 0.6 is 0 Å². The molecule has 0 aliphatic carbocycles. The van der Waals surface area contributed by atoms with Crippen molar-refractivity contribution in [3.8, 4) is 5.88 Å². The van der Waals surface area contributed by atoms with Gasteiger partial charge >= 0.3 is 0 Å². The minimum atomic E-state index is -3.57. The molecule has 1 aliphatic heterocycles. The van der Waals surface area contributed by atoms with E-state index >= 15 is 0 Å². The van der Waals surface area contributed by atoms with Crippen molar-refractivity contribution in [3.63, 3.8) is 0 Å². The van der Waals surface area contributed by atoms with E-state index in [0.29, 0.717) is 56.7 Å². The Morgan fingerprint density at radius 1 is 1.12 bits per heavy atom. The molecule has 1 fully saturated rings. The van der Waals surface area contributed by atoms with Gasteiger partial charge in [-0.1, -0.05) is 5.16 Å². The third-order valence-electron chi connectivity index (χ3n) is 4.33. The summed E-state index contributed by atoms with van der Waals surface area (Å²) in [6.07, 6.45) is 0. The van der Waals surface area contributed by atoms with Crippen LogP contribution in [0.5, 0.6) is 5.88 Å². The molecule has 0 atom stereocenters. The van der Waals surface area contributed by atoms with Gasteiger partial charge in [0.05, 0.1) is 5.69 Å². The summed E-state index contributed by atoms with van der Waals surface area (Å²) < 4.78 is 37.7. The largest absolute Gasteiger partial charge is 0.475 e. The van der Waals surface area contributed by atoms with Crippen molar-refractivity contribution in [2.24, 2.45) is 0 Å². The Labute approximate surface area is 153 Å². The molecule has 0 aromatic carbocycles. The van der Waals surface area contributed by atoms with E-state index in [4.69, 9.17) is 9.26 Å². The molecule has 0 amide bonds. The van der Waals surface area contributed by atoms with Crippen molar-refractivity contribution in [2.75, 3.05) is 39.3 Å². The lowest BCUT2D eigenvalue weighted by atomic mass is 10.3. The van der Waals surface area contributed by atoms with Crippen LogP contribution in [-0.4, -0.2) is 72.3 Å². The van der Waals surface area contributed by atoms with Gasteiger partial charge in [-0.05, 0) is 26.8 Å². The maximum Gasteiger partial charge on any atom is 0.248 e. The van der Waals surface area contributed by atoms with Crippen molar-refractivity contribution in [1.82, 2.24) is 24.6 Å². The molecular weight excluding hydrogens is 358 g/mol. The molecule has 0 saturated carbocycles. The molecule has 26 heavy (non-hydrogen) atoms. The monoisotopic (exact) mass is 381 g/mol. The number of rotatable bonds is 6. The number of piperazine rings is 1. The SMILES string of the molecule is Cc1ccc(OCCN2CCN(S(=O)(=O)c3c(C)noc3C)CC2)nn1. The van der Waals surface area contributed by atoms with Gasteiger partial charge in [0.25, 0.3) is 0 Å². The summed E-state index contributed by atoms with van der Waals surface area (Å²) >= 11 is 0. The zero-order valence-corrected chi connectivity index (χ0v) is 16.0. The van der Waals surface area contributed by atoms with Gasteiger partial charge in [-0.3, -0.25) is 4.90 Å². The molecule has 9 nitrogen and oxygen atoms in total. The first-order valence-electron chi connectivity index (χ1n) is 8.46. The van der Waals surface area contributed by atoms with Gasteiger partial charge in [0.2, 0.25) is 15.9 Å². The van der Waals surface area contributed by atoms with E-state index in [1.165, 1.54) is 4.31 Å². The summed E-state index contributed by atoms with van der Waals surface area (Å²) in [5, 5.41) is 11.7. The van der Waals surface area contributed by atoms with E-state index in [-0.39, 0.29) is 4.90 Å². The van der Waals surface area contributed by atoms with Gasteiger partial charge in [0, 0.05) is 38.8 Å². The number of aromatic nitrogens is 3. The molecule has 0 spiro atoms. The van der Waals surface area contributed by atoms with E-state index in [2.05, 4.69) is 20.3 Å². The number of nitrogens with zero attached hydrogens (tertiary/aromatic N) is 5. The molecule has 2 aromatic heterocycles. The Morgan fingerprint density at radius 2 is 1.85 bits per heavy atom. The molecule has 3 rings (SSSR count). The normalized spacial score (nSPS) is 16.7. The van der Waals surface area contributed by atoms with Gasteiger partial charge in [-0.25, -0.2) is 8.42 Å². The highest BCUT2D eigenvalue weighted by Crippen LogP contribution is 2.24. The quantitative estimate of drug-likeness (QED) is 0.723. The van der Waals surface area contributed by atoms with E-state index in [1.807, 2.05) is 13.0 Å². The Kier molecular flexibility index (Phi) is 5.54. The van der Waals surface area contributed by atoms with Crippen LogP contribution in [0.15, 0.2) is 21.6 Å². The van der Waals surface area contributed by atoms with Crippen molar-refractivity contribution in [2.45, 2.75) is 25.7 Å². The molecule has 1 saturated heterocycles. The highest BCUT2D eigenvalue weighted by molar-refractivity contribution is 7.89. The lowest BCUT2D eigenvalue weighted by Gasteiger charge is -2.33. The Hall–Kier alpha value is -2.04. The van der Waals surface area contributed by atoms with E-state index in [0.717, 1.165) is 5.69 Å². The van der Waals surface area contributed by atoms with Gasteiger partial charge in [-0.2, -0.15) is 9.40 Å². The summed E-state index contributed by atoms with van der Waals surface area (Å²) in [5.41, 5.74) is 1.24. The number of ether oxygens (including phenoxy) is 1. The summed E-state index contributed by atoms with van der Waals surface area (Å²) in [7, 11) is -3.57. The first kappa shape index (κ1) is 18.7. The van der Waals surface area contributed by atoms with Gasteiger partial charge in [-0.15, -0.1) is 5.10 Å². The Bertz CT molecular complexity index is 823. The number of aryl methyl sites for hydroxylation is 3. The fourth-order valence-electron chi connectivity index (χ4n) is 2.91. The molecular formula is C16H23N5O4S. The molecule has 142 valence electrons. The van der Waals surface area contributed by atoms with Crippen LogP contribution in [0.3, 0.4) is 0 Å². The highest BCUT2D eigenvalue weighted by Gasteiger charge is 2.33. The third-order valence-corrected chi connectivity index (χ3v) is 6.47. The number of hydrogen-bond donors (Lipinski definition) is 0. The second-order valence-corrected chi connectivity index (χ2v) is 8.14. The smallest absolute Gasteiger partial charge is 0.248 e. The molecule has 2 aromatic rings. The summed E-state index contributed by atoms with van der Waals surface area (Å²) in [6, 6.07) is 3.64. The van der Waals surface area contributed by atoms with Gasteiger partial charge in [0.15, 0.2) is 5.76 Å². The van der Waals surface area contributed by atoms with E-state index < -0.39 is 10.0 Å². The first-order valence-corrected chi connectivity index (χ1v) is 9.90. The second-order valence-electron chi connectivity index (χ2n) is 6.26. The minimum Gasteiger partial charge on any atom is -0.475 e. The fourth-order valence-corrected chi connectivity index (χ4v) is 4.62. The second kappa shape index (κ2) is 7.68. The number of sulfonamides is 1. The topological polar surface area (TPSA) is 102 Å². The standard InChI is InChI=1S/C16H23N5O4S/c1-12-4-5-15(18-17-12)24-11-10-20-6-8-21(9-7-20)26(22,23)16-13(2)19-25-14(16)3/h4-5H,6-11H2,1-3H3. The lowest BCUT2D eigenvalue weighted by Crippen LogP contribution is -2.49. The highest BCUT2D eigenvalue weighted by atomic mass is 32.2. The first-order chi connectivity index (χ1) is 12.4. The van der Waals surface area contributed by atoms with Crippen LogP contribution < -0.4 is 4.74 Å². The van der Waals surface area contributed by atoms with Crippen molar-refractivity contribution < 1.29 is 17.7 Å². The summed E-state index contributed by atoms with van der Waals surface area (Å²) in [4.78, 5) is 2.35. The molecule has 10 heteroatoms. The zero-order valence-electron chi connectivity index (χ0n) is 15.2. The third kappa shape index (κ3) is 4.02. The van der Waals surface area contributed by atoms with Crippen molar-refractivity contribution >= 4 is 10.0 Å². The van der Waals surface area contributed by atoms with Crippen molar-refractivity contribution in [1.29, 1.82) is 0 Å². The lowest BCUT2D eigenvalue weighted by molar-refractivity contribution is 0.156. The van der Waals surface area contributed by atoms with E-state index in [9.17, 15) is 8.42 Å². The van der Waals surface area contributed by atoms with E-state index in [1.54, 1.807) is 19.9 Å². The summed E-state index contributed by atoms with van der Waals surface area (Å²) in [5.74, 6) is 0.827. The van der Waals surface area contributed by atoms with Crippen LogP contribution in [0, 0.1) is 20.8 Å². The van der Waals surface area contributed by atoms with Crippen LogP contribution in [0.2, 0.25) is 0 Å². The maximum atomic E-state index is 12.8. The number of hydrogen-bond acceptors (Lipinski definition) is 8. The van der Waals surface area contributed by atoms with Gasteiger partial charge < -0.3 is 9.26 Å². The van der Waals surface area contributed by atoms with Crippen LogP contribution in [0.4, 0.5) is 0 Å². The van der Waals surface area contributed by atoms with Crippen LogP contribution in [-0.2, 0) is 10.0 Å². The van der Waals surface area contributed by atoms with Crippen LogP contribution in [0.25, 0.3) is 0 Å². The fraction of sp³-hybridized carbons (Fsp3) is 0.562. The molecule has 0 unspecified atom stereocenters. The van der Waals surface area contributed by atoms with Crippen LogP contribution in [0.1, 0.15) is 17.1 Å². The molecule has 0 bridgehead atoms. The van der Waals surface area contributed by atoms with Gasteiger partial charge in [0.1, 0.15) is 17.2 Å². The average molecular weight is 381 g/mol. The molecule has 0 radical (unpaired) electrons. The predicted molar refractivity (Wildman–Crippen MR) is 93.4 cm³/mol. The zero-order chi connectivity index (χ0) is 18.7. The predicted octanol–water partition coefficient (Wildman–Crippen LogP) is 0.775. The molecule has 1 aliphatic rings. The van der Waals surface area contributed by atoms with Crippen molar-refractivity contribution in [3.05, 3.63) is 29.3 Å².